The van der Waals surface area contributed by atoms with Gasteiger partial charge in [0.25, 0.3) is 0 Å². The zero-order chi connectivity index (χ0) is 22.6. The highest BCUT2D eigenvalue weighted by Crippen LogP contribution is 2.30. The van der Waals surface area contributed by atoms with Gasteiger partial charge in [-0.15, -0.1) is 11.8 Å². The van der Waals surface area contributed by atoms with Gasteiger partial charge in [0.1, 0.15) is 5.75 Å². The number of rotatable bonds is 8. The number of ether oxygens (including phenoxy) is 1. The third kappa shape index (κ3) is 6.00. The molecule has 3 aromatic rings. The van der Waals surface area contributed by atoms with Crippen molar-refractivity contribution in [3.63, 3.8) is 0 Å². The summed E-state index contributed by atoms with van der Waals surface area (Å²) in [7, 11) is 0. The first kappa shape index (κ1) is 22.7. The lowest BCUT2D eigenvalue weighted by molar-refractivity contribution is -0.139. The van der Waals surface area contributed by atoms with E-state index in [-0.39, 0.29) is 6.61 Å². The van der Waals surface area contributed by atoms with Crippen LogP contribution in [0.2, 0.25) is 0 Å². The van der Waals surface area contributed by atoms with E-state index in [1.807, 2.05) is 26.0 Å². The van der Waals surface area contributed by atoms with E-state index < -0.39 is 17.7 Å². The van der Waals surface area contributed by atoms with Gasteiger partial charge in [-0.1, -0.05) is 0 Å². The first-order valence-corrected chi connectivity index (χ1v) is 10.3. The highest BCUT2D eigenvalue weighted by Gasteiger charge is 2.30. The molecule has 0 aliphatic carbocycles. The Morgan fingerprint density at radius 3 is 2.45 bits per heavy atom. The van der Waals surface area contributed by atoms with Gasteiger partial charge in [0, 0.05) is 17.1 Å². The molecular formula is C21H20F3N3O3S. The topological polar surface area (TPSA) is 77.2 Å². The maximum Gasteiger partial charge on any atom is 0.416 e. The number of thioether (sulfide) groups is 1. The Labute approximate surface area is 181 Å². The molecule has 1 heterocycles. The second-order valence-electron chi connectivity index (χ2n) is 6.77. The fraction of sp³-hybridized carbons (Fsp3) is 0.286. The number of nitrogens with zero attached hydrogens (tertiary/aromatic N) is 3. The van der Waals surface area contributed by atoms with Crippen molar-refractivity contribution in [1.29, 1.82) is 0 Å². The van der Waals surface area contributed by atoms with Crippen LogP contribution in [0, 0.1) is 13.8 Å². The second-order valence-corrected chi connectivity index (χ2v) is 7.94. The summed E-state index contributed by atoms with van der Waals surface area (Å²) >= 11 is 1.61. The van der Waals surface area contributed by atoms with Gasteiger partial charge in [0.2, 0.25) is 0 Å². The average molecular weight is 451 g/mol. The molecule has 0 atom stereocenters. The van der Waals surface area contributed by atoms with E-state index in [0.717, 1.165) is 34.0 Å². The summed E-state index contributed by atoms with van der Waals surface area (Å²) in [5.41, 5.74) is 2.07. The zero-order valence-electron chi connectivity index (χ0n) is 16.8. The molecule has 10 heteroatoms. The van der Waals surface area contributed by atoms with E-state index in [2.05, 4.69) is 10.2 Å². The highest BCUT2D eigenvalue weighted by atomic mass is 32.2. The molecule has 0 unspecified atom stereocenters. The summed E-state index contributed by atoms with van der Waals surface area (Å²) in [5.74, 6) is 0.223. The summed E-state index contributed by atoms with van der Waals surface area (Å²) in [6.45, 7) is 3.27. The lowest BCUT2D eigenvalue weighted by Gasteiger charge is -2.09. The molecule has 0 spiro atoms. The maximum atomic E-state index is 12.7. The summed E-state index contributed by atoms with van der Waals surface area (Å²) in [6.07, 6.45) is -3.75. The molecule has 1 aromatic heterocycles. The molecule has 0 bridgehead atoms. The maximum absolute atomic E-state index is 12.7. The Morgan fingerprint density at radius 1 is 1.13 bits per heavy atom. The molecule has 3 rings (SSSR count). The molecule has 164 valence electrons. The van der Waals surface area contributed by atoms with Gasteiger partial charge in [-0.25, -0.2) is 4.79 Å². The number of aromatic nitrogens is 3. The van der Waals surface area contributed by atoms with Crippen LogP contribution < -0.4 is 4.74 Å². The van der Waals surface area contributed by atoms with Crippen LogP contribution in [0.1, 0.15) is 22.5 Å². The van der Waals surface area contributed by atoms with Crippen LogP contribution in [0.5, 0.6) is 5.75 Å². The van der Waals surface area contributed by atoms with Gasteiger partial charge in [-0.3, -0.25) is 0 Å². The van der Waals surface area contributed by atoms with Crippen LogP contribution >= 0.6 is 11.8 Å². The Kier molecular flexibility index (Phi) is 6.89. The largest absolute Gasteiger partial charge is 0.482 e. The molecule has 2 aromatic carbocycles. The van der Waals surface area contributed by atoms with Crippen molar-refractivity contribution in [3.8, 4) is 11.4 Å². The Morgan fingerprint density at radius 2 is 1.84 bits per heavy atom. The van der Waals surface area contributed by atoms with E-state index in [4.69, 9.17) is 9.84 Å². The van der Waals surface area contributed by atoms with Crippen molar-refractivity contribution in [2.24, 2.45) is 0 Å². The van der Waals surface area contributed by atoms with E-state index in [1.54, 1.807) is 17.8 Å². The van der Waals surface area contributed by atoms with Crippen LogP contribution in [0.3, 0.4) is 0 Å². The van der Waals surface area contributed by atoms with Crippen molar-refractivity contribution < 1.29 is 27.8 Å². The third-order valence-corrected chi connectivity index (χ3v) is 5.40. The lowest BCUT2D eigenvalue weighted by atomic mass is 10.2. The van der Waals surface area contributed by atoms with E-state index in [0.29, 0.717) is 23.6 Å². The van der Waals surface area contributed by atoms with Crippen LogP contribution in [0.15, 0.2) is 47.4 Å². The molecule has 31 heavy (non-hydrogen) atoms. The zero-order valence-corrected chi connectivity index (χ0v) is 17.6. The predicted octanol–water partition coefficient (Wildman–Crippen LogP) is 4.70. The first-order chi connectivity index (χ1) is 14.6. The number of aliphatic carboxylic acids is 1. The molecular weight excluding hydrogens is 431 g/mol. The van der Waals surface area contributed by atoms with Crippen molar-refractivity contribution in [1.82, 2.24) is 15.0 Å². The Hall–Kier alpha value is -3.01. The summed E-state index contributed by atoms with van der Waals surface area (Å²) in [5, 5.41) is 17.4. The minimum atomic E-state index is -4.38. The van der Waals surface area contributed by atoms with Crippen molar-refractivity contribution in [2.75, 3.05) is 12.4 Å². The molecule has 0 aliphatic rings. The van der Waals surface area contributed by atoms with Crippen LogP contribution in [0.25, 0.3) is 5.69 Å². The van der Waals surface area contributed by atoms with Crippen molar-refractivity contribution in [3.05, 3.63) is 65.0 Å². The molecule has 0 aliphatic heterocycles. The molecule has 0 radical (unpaired) electrons. The number of hydrogen-bond donors (Lipinski definition) is 1. The minimum Gasteiger partial charge on any atom is -0.482 e. The number of alkyl halides is 3. The fourth-order valence-electron chi connectivity index (χ4n) is 2.82. The van der Waals surface area contributed by atoms with Gasteiger partial charge in [-0.05, 0) is 61.9 Å². The first-order valence-electron chi connectivity index (χ1n) is 9.32. The molecule has 6 nitrogen and oxygen atoms in total. The number of carboxylic acids is 1. The number of hydrogen-bond acceptors (Lipinski definition) is 5. The number of carbonyl (C=O) groups is 1. The van der Waals surface area contributed by atoms with Crippen molar-refractivity contribution in [2.45, 2.75) is 31.3 Å². The third-order valence-electron chi connectivity index (χ3n) is 4.41. The number of aryl methyl sites for hydroxylation is 3. The molecule has 1 N–H and O–H groups in total. The van der Waals surface area contributed by atoms with Gasteiger partial charge in [-0.2, -0.15) is 28.2 Å². The van der Waals surface area contributed by atoms with E-state index >= 15 is 0 Å². The highest BCUT2D eigenvalue weighted by molar-refractivity contribution is 7.99. The molecule has 0 fully saturated rings. The summed E-state index contributed by atoms with van der Waals surface area (Å²) < 4.78 is 43.4. The molecule has 0 saturated heterocycles. The van der Waals surface area contributed by atoms with Crippen molar-refractivity contribution >= 4 is 17.7 Å². The number of carboxylic acid groups (broad SMARTS) is 1. The van der Waals surface area contributed by atoms with E-state index in [1.165, 1.54) is 16.9 Å². The lowest BCUT2D eigenvalue weighted by Crippen LogP contribution is -2.10. The quantitative estimate of drug-likeness (QED) is 0.500. The summed E-state index contributed by atoms with van der Waals surface area (Å²) in [6, 6.07) is 10.2. The smallest absolute Gasteiger partial charge is 0.416 e. The van der Waals surface area contributed by atoms with Gasteiger partial charge in [0.15, 0.2) is 6.61 Å². The fourth-order valence-corrected chi connectivity index (χ4v) is 3.77. The van der Waals surface area contributed by atoms with Gasteiger partial charge >= 0.3 is 12.1 Å². The standard InChI is InChI=1S/C21H20F3N3O3S/c1-13-11-17(7-8-19(13)30-12-20(28)29)31-10-9-18-14(2)25-27(26-18)16-5-3-15(4-6-16)21(22,23)24/h3-8,11H,9-10,12H2,1-2H3,(H,28,29). The van der Waals surface area contributed by atoms with Crippen LogP contribution in [-0.4, -0.2) is 38.4 Å². The average Bonchev–Trinajstić information content (AvgIpc) is 3.07. The van der Waals surface area contributed by atoms with Gasteiger partial charge < -0.3 is 9.84 Å². The van der Waals surface area contributed by atoms with Gasteiger partial charge in [0.05, 0.1) is 22.6 Å². The number of benzene rings is 2. The Bertz CT molecular complexity index is 1070. The molecule has 0 amide bonds. The van der Waals surface area contributed by atoms with E-state index in [9.17, 15) is 18.0 Å². The minimum absolute atomic E-state index is 0.388. The normalized spacial score (nSPS) is 11.5. The predicted molar refractivity (Wildman–Crippen MR) is 110 cm³/mol. The molecule has 0 saturated carbocycles. The monoisotopic (exact) mass is 451 g/mol. The summed E-state index contributed by atoms with van der Waals surface area (Å²) in [4.78, 5) is 13.0. The SMILES string of the molecule is Cc1cc(SCCc2nn(-c3ccc(C(F)(F)F)cc3)nc2C)ccc1OCC(=O)O. The van der Waals surface area contributed by atoms with Crippen LogP contribution in [-0.2, 0) is 17.4 Å². The number of halogens is 3. The second kappa shape index (κ2) is 9.42. The Balaban J connectivity index is 1.60. The van der Waals surface area contributed by atoms with Crippen LogP contribution in [0.4, 0.5) is 13.2 Å².